The van der Waals surface area contributed by atoms with Gasteiger partial charge in [0.15, 0.2) is 0 Å². The molecule has 1 heterocycles. The molecule has 3 rings (SSSR count). The van der Waals surface area contributed by atoms with Gasteiger partial charge < -0.3 is 4.74 Å². The quantitative estimate of drug-likeness (QED) is 0.560. The second kappa shape index (κ2) is 6.06. The Morgan fingerprint density at radius 2 is 1.52 bits per heavy atom. The maximum absolute atomic E-state index is 12.7. The van der Waals surface area contributed by atoms with Crippen LogP contribution in [0.2, 0.25) is 0 Å². The fourth-order valence-electron chi connectivity index (χ4n) is 2.54. The molecule has 0 N–H and O–H groups in total. The molecule has 2 nitrogen and oxygen atoms in total. The van der Waals surface area contributed by atoms with Gasteiger partial charge in [-0.3, -0.25) is 0 Å². The molecule has 0 spiro atoms. The SMILES string of the molecule is CC(C)(C)Oc1cc(-c2ccc(C(F)(F)F)cc2)nc2ccccc12. The predicted octanol–water partition coefficient (Wildman–Crippen LogP) is 6.10. The summed E-state index contributed by atoms with van der Waals surface area (Å²) in [6.45, 7) is 5.83. The number of hydrogen-bond donors (Lipinski definition) is 0. The Labute approximate surface area is 144 Å². The Balaban J connectivity index is 2.10. The van der Waals surface area contributed by atoms with Crippen molar-refractivity contribution in [2.45, 2.75) is 32.5 Å². The largest absolute Gasteiger partial charge is 0.487 e. The number of nitrogens with zero attached hydrogens (tertiary/aromatic N) is 1. The summed E-state index contributed by atoms with van der Waals surface area (Å²) in [6.07, 6.45) is -4.35. The van der Waals surface area contributed by atoms with E-state index in [1.807, 2.05) is 45.0 Å². The maximum atomic E-state index is 12.7. The fraction of sp³-hybridized carbons (Fsp3) is 0.250. The molecule has 2 aromatic carbocycles. The molecule has 0 amide bonds. The lowest BCUT2D eigenvalue weighted by atomic mass is 10.1. The first kappa shape index (κ1) is 17.3. The Hall–Kier alpha value is -2.56. The second-order valence-electron chi connectivity index (χ2n) is 6.81. The highest BCUT2D eigenvalue weighted by atomic mass is 19.4. The number of fused-ring (bicyclic) bond motifs is 1. The van der Waals surface area contributed by atoms with Crippen molar-refractivity contribution in [1.29, 1.82) is 0 Å². The van der Waals surface area contributed by atoms with Crippen molar-refractivity contribution in [3.8, 4) is 17.0 Å². The number of halogens is 3. The number of para-hydroxylation sites is 1. The summed E-state index contributed by atoms with van der Waals surface area (Å²) in [6, 6.07) is 14.3. The number of pyridine rings is 1. The van der Waals surface area contributed by atoms with Gasteiger partial charge in [0.1, 0.15) is 11.4 Å². The van der Waals surface area contributed by atoms with Gasteiger partial charge in [-0.05, 0) is 45.0 Å². The third-order valence-corrected chi connectivity index (χ3v) is 3.60. The van der Waals surface area contributed by atoms with E-state index in [0.717, 1.165) is 23.0 Å². The number of alkyl halides is 3. The van der Waals surface area contributed by atoms with E-state index in [2.05, 4.69) is 4.98 Å². The standard InChI is InChI=1S/C20H18F3NO/c1-19(2,3)25-18-12-17(24-16-7-5-4-6-15(16)18)13-8-10-14(11-9-13)20(21,22)23/h4-12H,1-3H3. The lowest BCUT2D eigenvalue weighted by Crippen LogP contribution is -2.23. The number of benzene rings is 2. The smallest absolute Gasteiger partial charge is 0.416 e. The van der Waals surface area contributed by atoms with Crippen LogP contribution in [-0.4, -0.2) is 10.6 Å². The fourth-order valence-corrected chi connectivity index (χ4v) is 2.54. The molecule has 1 aromatic heterocycles. The Morgan fingerprint density at radius 1 is 0.880 bits per heavy atom. The van der Waals surface area contributed by atoms with Crippen molar-refractivity contribution >= 4 is 10.9 Å². The molecule has 0 saturated heterocycles. The van der Waals surface area contributed by atoms with Gasteiger partial charge in [-0.25, -0.2) is 4.98 Å². The monoisotopic (exact) mass is 345 g/mol. The molecule has 130 valence electrons. The summed E-state index contributed by atoms with van der Waals surface area (Å²) < 4.78 is 44.3. The van der Waals surface area contributed by atoms with Gasteiger partial charge in [0.05, 0.1) is 16.8 Å². The van der Waals surface area contributed by atoms with Crippen molar-refractivity contribution < 1.29 is 17.9 Å². The van der Waals surface area contributed by atoms with Crippen LogP contribution in [0.15, 0.2) is 54.6 Å². The molecular formula is C20H18F3NO. The topological polar surface area (TPSA) is 22.1 Å². The van der Waals surface area contributed by atoms with Crippen molar-refractivity contribution in [2.24, 2.45) is 0 Å². The van der Waals surface area contributed by atoms with E-state index in [-0.39, 0.29) is 0 Å². The molecule has 25 heavy (non-hydrogen) atoms. The lowest BCUT2D eigenvalue weighted by molar-refractivity contribution is -0.137. The summed E-state index contributed by atoms with van der Waals surface area (Å²) in [5.74, 6) is 0.660. The van der Waals surface area contributed by atoms with Crippen LogP contribution in [0.1, 0.15) is 26.3 Å². The van der Waals surface area contributed by atoms with Gasteiger partial charge in [0.25, 0.3) is 0 Å². The van der Waals surface area contributed by atoms with E-state index in [1.165, 1.54) is 12.1 Å². The summed E-state index contributed by atoms with van der Waals surface area (Å²) in [7, 11) is 0. The third-order valence-electron chi connectivity index (χ3n) is 3.60. The lowest BCUT2D eigenvalue weighted by Gasteiger charge is -2.23. The van der Waals surface area contributed by atoms with Gasteiger partial charge in [-0.2, -0.15) is 13.2 Å². The van der Waals surface area contributed by atoms with Crippen LogP contribution in [0.3, 0.4) is 0 Å². The van der Waals surface area contributed by atoms with E-state index in [1.54, 1.807) is 6.07 Å². The van der Waals surface area contributed by atoms with Crippen molar-refractivity contribution in [1.82, 2.24) is 4.98 Å². The van der Waals surface area contributed by atoms with Crippen molar-refractivity contribution in [2.75, 3.05) is 0 Å². The third kappa shape index (κ3) is 3.92. The zero-order chi connectivity index (χ0) is 18.2. The molecule has 0 atom stereocenters. The predicted molar refractivity (Wildman–Crippen MR) is 92.6 cm³/mol. The maximum Gasteiger partial charge on any atom is 0.416 e. The number of rotatable bonds is 2. The molecule has 0 radical (unpaired) electrons. The molecule has 0 fully saturated rings. The van der Waals surface area contributed by atoms with Crippen LogP contribution in [0.5, 0.6) is 5.75 Å². The van der Waals surface area contributed by atoms with Crippen molar-refractivity contribution in [3.05, 3.63) is 60.2 Å². The van der Waals surface area contributed by atoms with Gasteiger partial charge in [-0.1, -0.05) is 24.3 Å². The van der Waals surface area contributed by atoms with E-state index in [4.69, 9.17) is 4.74 Å². The molecule has 0 unspecified atom stereocenters. The number of hydrogen-bond acceptors (Lipinski definition) is 2. The minimum absolute atomic E-state index is 0.401. The summed E-state index contributed by atoms with van der Waals surface area (Å²) in [5, 5.41) is 0.869. The van der Waals surface area contributed by atoms with Crippen LogP contribution in [-0.2, 0) is 6.18 Å². The van der Waals surface area contributed by atoms with Crippen LogP contribution in [0.25, 0.3) is 22.2 Å². The van der Waals surface area contributed by atoms with Crippen molar-refractivity contribution in [3.63, 3.8) is 0 Å². The first-order valence-corrected chi connectivity index (χ1v) is 7.90. The van der Waals surface area contributed by atoms with Gasteiger partial charge in [0.2, 0.25) is 0 Å². The van der Waals surface area contributed by atoms with Gasteiger partial charge >= 0.3 is 6.18 Å². The zero-order valence-electron chi connectivity index (χ0n) is 14.2. The van der Waals surface area contributed by atoms with E-state index < -0.39 is 17.3 Å². The molecule has 0 bridgehead atoms. The Bertz CT molecular complexity index is 893. The molecule has 5 heteroatoms. The highest BCUT2D eigenvalue weighted by Crippen LogP contribution is 2.34. The zero-order valence-corrected chi connectivity index (χ0v) is 14.2. The van der Waals surface area contributed by atoms with Crippen LogP contribution in [0, 0.1) is 0 Å². The van der Waals surface area contributed by atoms with E-state index >= 15 is 0 Å². The highest BCUT2D eigenvalue weighted by Gasteiger charge is 2.30. The Morgan fingerprint density at radius 3 is 2.12 bits per heavy atom. The summed E-state index contributed by atoms with van der Waals surface area (Å²) in [5.41, 5.74) is 0.841. The summed E-state index contributed by atoms with van der Waals surface area (Å²) in [4.78, 5) is 4.57. The van der Waals surface area contributed by atoms with Gasteiger partial charge in [-0.15, -0.1) is 0 Å². The minimum Gasteiger partial charge on any atom is -0.487 e. The number of aromatic nitrogens is 1. The van der Waals surface area contributed by atoms with Gasteiger partial charge in [0, 0.05) is 17.0 Å². The normalized spacial score (nSPS) is 12.4. The second-order valence-corrected chi connectivity index (χ2v) is 6.81. The van der Waals surface area contributed by atoms with Crippen LogP contribution >= 0.6 is 0 Å². The first-order chi connectivity index (χ1) is 11.6. The minimum atomic E-state index is -4.35. The molecule has 0 saturated carbocycles. The average Bonchev–Trinajstić information content (AvgIpc) is 2.52. The molecule has 0 aliphatic rings. The molecule has 0 aliphatic carbocycles. The average molecular weight is 345 g/mol. The van der Waals surface area contributed by atoms with Crippen LogP contribution < -0.4 is 4.74 Å². The Kier molecular flexibility index (Phi) is 4.19. The summed E-state index contributed by atoms with van der Waals surface area (Å²) >= 11 is 0. The first-order valence-electron chi connectivity index (χ1n) is 7.90. The van der Waals surface area contributed by atoms with E-state index in [0.29, 0.717) is 17.0 Å². The number of ether oxygens (including phenoxy) is 1. The molecule has 3 aromatic rings. The molecule has 0 aliphatic heterocycles. The van der Waals surface area contributed by atoms with E-state index in [9.17, 15) is 13.2 Å². The van der Waals surface area contributed by atoms with Crippen LogP contribution in [0.4, 0.5) is 13.2 Å². The molecular weight excluding hydrogens is 327 g/mol. The highest BCUT2D eigenvalue weighted by molar-refractivity contribution is 5.88.